The van der Waals surface area contributed by atoms with Gasteiger partial charge in [-0.3, -0.25) is 8.96 Å². The number of hydrogen-bond acceptors (Lipinski definition) is 3. The van der Waals surface area contributed by atoms with E-state index in [1.807, 2.05) is 12.3 Å². The minimum Gasteiger partial charge on any atom is -0.314 e. The molecule has 1 atom stereocenters. The molecule has 1 N–H and O–H groups in total. The second-order valence-corrected chi connectivity index (χ2v) is 6.80. The van der Waals surface area contributed by atoms with E-state index in [0.29, 0.717) is 6.04 Å². The first kappa shape index (κ1) is 13.9. The van der Waals surface area contributed by atoms with Crippen LogP contribution in [-0.2, 0) is 6.42 Å². The maximum absolute atomic E-state index is 4.62. The molecule has 112 valence electrons. The predicted octanol–water partition coefficient (Wildman–Crippen LogP) is 3.89. The Labute approximate surface area is 134 Å². The van der Waals surface area contributed by atoms with Gasteiger partial charge >= 0.3 is 0 Å². The zero-order valence-corrected chi connectivity index (χ0v) is 13.2. The molecule has 4 heteroatoms. The highest BCUT2D eigenvalue weighted by molar-refractivity contribution is 7.98. The lowest BCUT2D eigenvalue weighted by Gasteiger charge is -2.08. The Hall–Kier alpha value is -1.78. The highest BCUT2D eigenvalue weighted by Gasteiger charge is 2.18. The highest BCUT2D eigenvalue weighted by Crippen LogP contribution is 2.29. The van der Waals surface area contributed by atoms with Crippen molar-refractivity contribution in [1.29, 1.82) is 0 Å². The molecule has 1 saturated heterocycles. The summed E-state index contributed by atoms with van der Waals surface area (Å²) in [6.07, 6.45) is 7.78. The van der Waals surface area contributed by atoms with Gasteiger partial charge in [0.25, 0.3) is 0 Å². The van der Waals surface area contributed by atoms with E-state index in [9.17, 15) is 0 Å². The van der Waals surface area contributed by atoms with Gasteiger partial charge < -0.3 is 5.32 Å². The number of fused-ring (bicyclic) bond motifs is 1. The van der Waals surface area contributed by atoms with Gasteiger partial charge in [0, 0.05) is 23.3 Å². The summed E-state index contributed by atoms with van der Waals surface area (Å²) in [6, 6.07) is 15.3. The first-order chi connectivity index (χ1) is 10.9. The molecule has 0 radical (unpaired) electrons. The Bertz CT molecular complexity index is 760. The predicted molar refractivity (Wildman–Crippen MR) is 92.2 cm³/mol. The number of nitrogens with zero attached hydrogens (tertiary/aromatic N) is 2. The maximum Gasteiger partial charge on any atom is 0.0922 e. The van der Waals surface area contributed by atoms with Crippen LogP contribution in [0.2, 0.25) is 0 Å². The summed E-state index contributed by atoms with van der Waals surface area (Å²) in [6.45, 7) is 1.15. The molecule has 2 aromatic heterocycles. The summed E-state index contributed by atoms with van der Waals surface area (Å²) < 4.78 is 2.25. The van der Waals surface area contributed by atoms with Crippen molar-refractivity contribution in [2.24, 2.45) is 0 Å². The monoisotopic (exact) mass is 309 g/mol. The summed E-state index contributed by atoms with van der Waals surface area (Å²) in [7, 11) is 0. The molecule has 4 rings (SSSR count). The van der Waals surface area contributed by atoms with Gasteiger partial charge in [0.05, 0.1) is 11.0 Å². The second kappa shape index (κ2) is 6.15. The van der Waals surface area contributed by atoms with Crippen LogP contribution in [0.25, 0.3) is 11.0 Å². The van der Waals surface area contributed by atoms with E-state index in [0.717, 1.165) is 18.5 Å². The van der Waals surface area contributed by atoms with Crippen LogP contribution in [0.3, 0.4) is 0 Å². The van der Waals surface area contributed by atoms with Crippen molar-refractivity contribution in [3.8, 4) is 0 Å². The van der Waals surface area contributed by atoms with Crippen LogP contribution in [0, 0.1) is 0 Å². The standard InChI is InChI=1S/C18H19N3S/c1-2-7-16(8-3-1)22-21-13-14(12-15-6-4-10-19-15)18-17(21)9-5-11-20-18/h1-3,5,7-9,11,13,15,19H,4,6,10,12H2. The first-order valence-corrected chi connectivity index (χ1v) is 8.59. The van der Waals surface area contributed by atoms with Crippen molar-refractivity contribution < 1.29 is 0 Å². The largest absolute Gasteiger partial charge is 0.314 e. The van der Waals surface area contributed by atoms with Gasteiger partial charge in [-0.05, 0) is 67.6 Å². The summed E-state index contributed by atoms with van der Waals surface area (Å²) in [5, 5.41) is 3.58. The van der Waals surface area contributed by atoms with Crippen LogP contribution in [0.4, 0.5) is 0 Å². The van der Waals surface area contributed by atoms with E-state index >= 15 is 0 Å². The number of benzene rings is 1. The lowest BCUT2D eigenvalue weighted by Crippen LogP contribution is -2.23. The number of pyridine rings is 1. The number of aromatic nitrogens is 2. The highest BCUT2D eigenvalue weighted by atomic mass is 32.2. The fraction of sp³-hybridized carbons (Fsp3) is 0.278. The van der Waals surface area contributed by atoms with E-state index in [-0.39, 0.29) is 0 Å². The van der Waals surface area contributed by atoms with Gasteiger partial charge in [0.1, 0.15) is 0 Å². The third kappa shape index (κ3) is 2.76. The van der Waals surface area contributed by atoms with Crippen LogP contribution in [0.1, 0.15) is 18.4 Å². The molecule has 0 bridgehead atoms. The van der Waals surface area contributed by atoms with Crippen molar-refractivity contribution in [2.75, 3.05) is 6.54 Å². The van der Waals surface area contributed by atoms with Crippen LogP contribution < -0.4 is 5.32 Å². The molecular weight excluding hydrogens is 290 g/mol. The molecular formula is C18H19N3S. The van der Waals surface area contributed by atoms with E-state index < -0.39 is 0 Å². The Morgan fingerprint density at radius 1 is 1.18 bits per heavy atom. The fourth-order valence-corrected chi connectivity index (χ4v) is 4.04. The SMILES string of the molecule is c1ccc(Sn2cc(CC3CCCN3)c3ncccc32)cc1. The van der Waals surface area contributed by atoms with Crippen molar-refractivity contribution in [1.82, 2.24) is 14.3 Å². The number of hydrogen-bond donors (Lipinski definition) is 1. The summed E-state index contributed by atoms with van der Waals surface area (Å²) in [4.78, 5) is 5.87. The quantitative estimate of drug-likeness (QED) is 0.793. The average molecular weight is 309 g/mol. The smallest absolute Gasteiger partial charge is 0.0922 e. The van der Waals surface area contributed by atoms with Gasteiger partial charge in [-0.15, -0.1) is 0 Å². The van der Waals surface area contributed by atoms with Gasteiger partial charge in [-0.25, -0.2) is 0 Å². The van der Waals surface area contributed by atoms with Crippen LogP contribution in [0.15, 0.2) is 59.8 Å². The van der Waals surface area contributed by atoms with E-state index in [4.69, 9.17) is 0 Å². The topological polar surface area (TPSA) is 29.9 Å². The maximum atomic E-state index is 4.62. The molecule has 22 heavy (non-hydrogen) atoms. The van der Waals surface area contributed by atoms with E-state index in [2.05, 4.69) is 56.9 Å². The number of rotatable bonds is 4. The lowest BCUT2D eigenvalue weighted by molar-refractivity contribution is 0.604. The minimum absolute atomic E-state index is 0.600. The molecule has 1 unspecified atom stereocenters. The van der Waals surface area contributed by atoms with Crippen LogP contribution in [-0.4, -0.2) is 21.5 Å². The molecule has 3 aromatic rings. The van der Waals surface area contributed by atoms with Gasteiger partial charge in [-0.1, -0.05) is 18.2 Å². The summed E-state index contributed by atoms with van der Waals surface area (Å²) >= 11 is 1.75. The molecule has 3 heterocycles. The van der Waals surface area contributed by atoms with Gasteiger partial charge in [0.2, 0.25) is 0 Å². The molecule has 1 aliphatic heterocycles. The lowest BCUT2D eigenvalue weighted by atomic mass is 10.1. The van der Waals surface area contributed by atoms with E-state index in [1.54, 1.807) is 11.9 Å². The van der Waals surface area contributed by atoms with Crippen molar-refractivity contribution in [3.05, 3.63) is 60.4 Å². The first-order valence-electron chi connectivity index (χ1n) is 7.82. The van der Waals surface area contributed by atoms with E-state index in [1.165, 1.54) is 28.8 Å². The van der Waals surface area contributed by atoms with Crippen molar-refractivity contribution in [2.45, 2.75) is 30.2 Å². The molecule has 1 aliphatic rings. The zero-order chi connectivity index (χ0) is 14.8. The van der Waals surface area contributed by atoms with Crippen molar-refractivity contribution in [3.63, 3.8) is 0 Å². The summed E-state index contributed by atoms with van der Waals surface area (Å²) in [5.74, 6) is 0. The van der Waals surface area contributed by atoms with Gasteiger partial charge in [0.15, 0.2) is 0 Å². The van der Waals surface area contributed by atoms with Crippen LogP contribution >= 0.6 is 11.9 Å². The Balaban J connectivity index is 1.69. The molecule has 1 fully saturated rings. The molecule has 0 amide bonds. The molecule has 0 spiro atoms. The zero-order valence-electron chi connectivity index (χ0n) is 12.4. The van der Waals surface area contributed by atoms with Crippen molar-refractivity contribution >= 4 is 23.0 Å². The normalized spacial score (nSPS) is 18.1. The fourth-order valence-electron chi connectivity index (χ4n) is 3.11. The minimum atomic E-state index is 0.600. The summed E-state index contributed by atoms with van der Waals surface area (Å²) in [5.41, 5.74) is 3.68. The third-order valence-electron chi connectivity index (χ3n) is 4.18. The molecule has 0 aliphatic carbocycles. The average Bonchev–Trinajstić information content (AvgIpc) is 3.18. The molecule has 1 aromatic carbocycles. The third-order valence-corrected chi connectivity index (χ3v) is 5.16. The molecule has 3 nitrogen and oxygen atoms in total. The number of nitrogens with one attached hydrogen (secondary N) is 1. The van der Waals surface area contributed by atoms with Gasteiger partial charge in [-0.2, -0.15) is 0 Å². The van der Waals surface area contributed by atoms with Crippen LogP contribution in [0.5, 0.6) is 0 Å². The Kier molecular flexibility index (Phi) is 3.87. The molecule has 0 saturated carbocycles. The Morgan fingerprint density at radius 2 is 2.09 bits per heavy atom. The second-order valence-electron chi connectivity index (χ2n) is 5.75. The Morgan fingerprint density at radius 3 is 2.91 bits per heavy atom.